The molecule has 0 unspecified atom stereocenters. The lowest BCUT2D eigenvalue weighted by atomic mass is 10.1. The fourth-order valence-corrected chi connectivity index (χ4v) is 4.69. The van der Waals surface area contributed by atoms with E-state index in [4.69, 9.17) is 0 Å². The van der Waals surface area contributed by atoms with Gasteiger partial charge in [0.15, 0.2) is 21.4 Å². The Morgan fingerprint density at radius 3 is 2.51 bits per heavy atom. The number of hydrogen-bond donors (Lipinski definition) is 2. The maximum absolute atomic E-state index is 13.0. The van der Waals surface area contributed by atoms with Crippen LogP contribution in [0.5, 0.6) is 0 Å². The molecule has 0 amide bonds. The topological polar surface area (TPSA) is 139 Å². The summed E-state index contributed by atoms with van der Waals surface area (Å²) in [6, 6.07) is 11.7. The number of carbonyl (C=O) groups is 2. The number of benzene rings is 2. The van der Waals surface area contributed by atoms with Gasteiger partial charge in [0.2, 0.25) is 0 Å². The number of hydrogen-bond acceptors (Lipinski definition) is 7. The van der Waals surface area contributed by atoms with E-state index in [1.54, 1.807) is 55.7 Å². The van der Waals surface area contributed by atoms with Gasteiger partial charge in [-0.05, 0) is 42.6 Å². The number of ketones is 2. The second-order valence-corrected chi connectivity index (χ2v) is 10.4. The largest absolute Gasteiger partial charge is 0.348 e. The van der Waals surface area contributed by atoms with Crippen LogP contribution in [-0.4, -0.2) is 51.2 Å². The van der Waals surface area contributed by atoms with Gasteiger partial charge in [0.1, 0.15) is 17.3 Å². The number of nitrogens with one attached hydrogen (secondary N) is 2. The third kappa shape index (κ3) is 4.47. The Labute approximate surface area is 200 Å². The molecule has 3 heterocycles. The van der Waals surface area contributed by atoms with Crippen molar-refractivity contribution >= 4 is 43.2 Å². The SMILES string of the molecule is Cc1nc(C(=O)Cc2nc3c(C(=O)Cc4ncc[nH]4)cccc3[nH]2)cc2ccc(S(C)(=O)=O)cc12. The number of aromatic nitrogens is 5. The number of Topliss-reactive ketones (excluding diaryl/α,β-unsaturated/α-hetero) is 2. The number of para-hydroxylation sites is 1. The average molecular weight is 488 g/mol. The zero-order chi connectivity index (χ0) is 24.7. The first-order chi connectivity index (χ1) is 16.7. The van der Waals surface area contributed by atoms with Gasteiger partial charge in [-0.2, -0.15) is 0 Å². The van der Waals surface area contributed by atoms with Crippen molar-refractivity contribution in [3.05, 3.63) is 83.5 Å². The first-order valence-electron chi connectivity index (χ1n) is 10.8. The third-order valence-electron chi connectivity index (χ3n) is 5.78. The predicted octanol–water partition coefficient (Wildman–Crippen LogP) is 3.40. The highest BCUT2D eigenvalue weighted by Gasteiger charge is 2.18. The van der Waals surface area contributed by atoms with Gasteiger partial charge >= 0.3 is 0 Å². The number of rotatable bonds is 7. The summed E-state index contributed by atoms with van der Waals surface area (Å²) >= 11 is 0. The number of pyridine rings is 1. The van der Waals surface area contributed by atoms with E-state index in [1.807, 2.05) is 0 Å². The molecule has 3 aromatic heterocycles. The summed E-state index contributed by atoms with van der Waals surface area (Å²) in [5, 5.41) is 1.40. The van der Waals surface area contributed by atoms with Crippen LogP contribution in [-0.2, 0) is 22.7 Å². The lowest BCUT2D eigenvalue weighted by molar-refractivity contribution is 0.0981. The molecular formula is C25H21N5O4S. The molecule has 0 atom stereocenters. The lowest BCUT2D eigenvalue weighted by Gasteiger charge is -2.07. The van der Waals surface area contributed by atoms with Gasteiger partial charge < -0.3 is 9.97 Å². The number of sulfone groups is 1. The molecular weight excluding hydrogens is 466 g/mol. The first-order valence-corrected chi connectivity index (χ1v) is 12.7. The van der Waals surface area contributed by atoms with Gasteiger partial charge in [-0.3, -0.25) is 9.59 Å². The van der Waals surface area contributed by atoms with Crippen molar-refractivity contribution in [1.82, 2.24) is 24.9 Å². The predicted molar refractivity (Wildman–Crippen MR) is 130 cm³/mol. The standard InChI is InChI=1S/C25H21N5O4S/c1-14-18-11-16(35(2,33)34)7-6-15(18)10-20(28-14)22(32)13-24-29-19-5-3-4-17(25(19)30-24)21(31)12-23-26-8-9-27-23/h3-11H,12-13H2,1-2H3,(H,26,27)(H,29,30). The van der Waals surface area contributed by atoms with Crippen LogP contribution in [0.1, 0.15) is 38.2 Å². The maximum atomic E-state index is 13.0. The fraction of sp³-hybridized carbons (Fsp3) is 0.160. The molecule has 0 bridgehead atoms. The molecule has 0 spiro atoms. The Morgan fingerprint density at radius 1 is 0.971 bits per heavy atom. The number of nitrogens with zero attached hydrogens (tertiary/aromatic N) is 3. The zero-order valence-corrected chi connectivity index (χ0v) is 19.8. The van der Waals surface area contributed by atoms with Crippen molar-refractivity contribution < 1.29 is 18.0 Å². The van der Waals surface area contributed by atoms with E-state index in [0.29, 0.717) is 39.3 Å². The van der Waals surface area contributed by atoms with E-state index < -0.39 is 9.84 Å². The van der Waals surface area contributed by atoms with Crippen molar-refractivity contribution in [3.63, 3.8) is 0 Å². The van der Waals surface area contributed by atoms with Crippen LogP contribution in [0.4, 0.5) is 0 Å². The minimum atomic E-state index is -3.35. The minimum Gasteiger partial charge on any atom is -0.348 e. The Kier molecular flexibility index (Phi) is 5.52. The van der Waals surface area contributed by atoms with Crippen LogP contribution in [0, 0.1) is 6.92 Å². The molecule has 0 radical (unpaired) electrons. The van der Waals surface area contributed by atoms with Crippen LogP contribution in [0.25, 0.3) is 21.8 Å². The summed E-state index contributed by atoms with van der Waals surface area (Å²) < 4.78 is 23.7. The molecule has 0 aliphatic carbocycles. The maximum Gasteiger partial charge on any atom is 0.188 e. The number of carbonyl (C=O) groups excluding carboxylic acids is 2. The lowest BCUT2D eigenvalue weighted by Crippen LogP contribution is -2.09. The molecule has 0 saturated heterocycles. The molecule has 0 aliphatic rings. The molecule has 5 aromatic rings. The molecule has 10 heteroatoms. The summed E-state index contributed by atoms with van der Waals surface area (Å²) in [4.78, 5) is 45.1. The average Bonchev–Trinajstić information content (AvgIpc) is 3.47. The van der Waals surface area contributed by atoms with Crippen molar-refractivity contribution in [2.24, 2.45) is 0 Å². The Bertz CT molecular complexity index is 1720. The molecule has 0 saturated carbocycles. The summed E-state index contributed by atoms with van der Waals surface area (Å²) in [5.74, 6) is 0.620. The van der Waals surface area contributed by atoms with Gasteiger partial charge in [0.05, 0.1) is 28.8 Å². The van der Waals surface area contributed by atoms with Gasteiger partial charge in [-0.15, -0.1) is 0 Å². The summed E-state index contributed by atoms with van der Waals surface area (Å²) in [5.41, 5.74) is 2.44. The van der Waals surface area contributed by atoms with Crippen LogP contribution in [0.15, 0.2) is 59.8 Å². The summed E-state index contributed by atoms with van der Waals surface area (Å²) in [6.45, 7) is 1.74. The smallest absolute Gasteiger partial charge is 0.188 e. The Hall–Kier alpha value is -4.18. The van der Waals surface area contributed by atoms with E-state index in [9.17, 15) is 18.0 Å². The molecule has 0 aliphatic heterocycles. The molecule has 35 heavy (non-hydrogen) atoms. The zero-order valence-electron chi connectivity index (χ0n) is 19.0. The van der Waals surface area contributed by atoms with Crippen molar-refractivity contribution in [1.29, 1.82) is 0 Å². The van der Waals surface area contributed by atoms with Gasteiger partial charge in [-0.1, -0.05) is 12.1 Å². The van der Waals surface area contributed by atoms with Crippen LogP contribution in [0.3, 0.4) is 0 Å². The summed E-state index contributed by atoms with van der Waals surface area (Å²) in [7, 11) is -3.35. The van der Waals surface area contributed by atoms with Crippen molar-refractivity contribution in [2.75, 3.05) is 6.26 Å². The molecule has 0 fully saturated rings. The van der Waals surface area contributed by atoms with Crippen molar-refractivity contribution in [2.45, 2.75) is 24.7 Å². The van der Waals surface area contributed by atoms with Gasteiger partial charge in [0, 0.05) is 35.3 Å². The highest BCUT2D eigenvalue weighted by Crippen LogP contribution is 2.24. The highest BCUT2D eigenvalue weighted by molar-refractivity contribution is 7.90. The normalized spacial score (nSPS) is 11.8. The highest BCUT2D eigenvalue weighted by atomic mass is 32.2. The molecule has 9 nitrogen and oxygen atoms in total. The number of aryl methyl sites for hydroxylation is 1. The second kappa shape index (κ2) is 8.55. The summed E-state index contributed by atoms with van der Waals surface area (Å²) in [6.07, 6.45) is 4.50. The van der Waals surface area contributed by atoms with Gasteiger partial charge in [0.25, 0.3) is 0 Å². The van der Waals surface area contributed by atoms with Crippen LogP contribution in [0.2, 0.25) is 0 Å². The van der Waals surface area contributed by atoms with E-state index in [-0.39, 0.29) is 35.0 Å². The number of aromatic amines is 2. The van der Waals surface area contributed by atoms with E-state index in [0.717, 1.165) is 11.6 Å². The van der Waals surface area contributed by atoms with E-state index in [1.165, 1.54) is 6.07 Å². The Balaban J connectivity index is 1.43. The quantitative estimate of drug-likeness (QED) is 0.336. The number of fused-ring (bicyclic) bond motifs is 2. The molecule has 2 N–H and O–H groups in total. The van der Waals surface area contributed by atoms with Crippen LogP contribution < -0.4 is 0 Å². The van der Waals surface area contributed by atoms with Crippen molar-refractivity contribution in [3.8, 4) is 0 Å². The Morgan fingerprint density at radius 2 is 1.77 bits per heavy atom. The monoisotopic (exact) mass is 487 g/mol. The number of H-pyrrole nitrogens is 2. The second-order valence-electron chi connectivity index (χ2n) is 8.37. The van der Waals surface area contributed by atoms with Crippen LogP contribution >= 0.6 is 0 Å². The third-order valence-corrected chi connectivity index (χ3v) is 6.89. The molecule has 176 valence electrons. The fourth-order valence-electron chi connectivity index (χ4n) is 4.05. The molecule has 2 aromatic carbocycles. The molecule has 5 rings (SSSR count). The first kappa shape index (κ1) is 22.6. The van der Waals surface area contributed by atoms with Gasteiger partial charge in [-0.25, -0.2) is 23.4 Å². The number of imidazole rings is 2. The minimum absolute atomic E-state index is 0.0279. The van der Waals surface area contributed by atoms with E-state index in [2.05, 4.69) is 24.9 Å². The van der Waals surface area contributed by atoms with E-state index >= 15 is 0 Å².